The molecule has 1 aromatic rings. The molecular weight excluding hydrogens is 208 g/mol. The molecule has 1 atom stereocenters. The molecule has 0 amide bonds. The summed E-state index contributed by atoms with van der Waals surface area (Å²) in [7, 11) is 0. The van der Waals surface area contributed by atoms with Gasteiger partial charge in [-0.15, -0.1) is 18.3 Å². The van der Waals surface area contributed by atoms with Crippen LogP contribution >= 0.6 is 11.8 Å². The van der Waals surface area contributed by atoms with Gasteiger partial charge in [0.1, 0.15) is 5.25 Å². The first-order valence-corrected chi connectivity index (χ1v) is 5.67. The molecule has 0 aromatic heterocycles. The molecule has 80 valence electrons. The van der Waals surface area contributed by atoms with Gasteiger partial charge in [0.05, 0.1) is 0 Å². The molecule has 0 fully saturated rings. The minimum Gasteiger partial charge on any atom is -0.480 e. The number of allylic oxidation sites excluding steroid dienone is 1. The van der Waals surface area contributed by atoms with Gasteiger partial charge in [-0.3, -0.25) is 4.79 Å². The van der Waals surface area contributed by atoms with E-state index in [1.165, 1.54) is 11.8 Å². The Balaban J connectivity index is 2.58. The van der Waals surface area contributed by atoms with Crippen LogP contribution in [0.25, 0.3) is 0 Å². The van der Waals surface area contributed by atoms with Crippen molar-refractivity contribution in [3.63, 3.8) is 0 Å². The lowest BCUT2D eigenvalue weighted by atomic mass is 10.2. The molecule has 0 aliphatic carbocycles. The summed E-state index contributed by atoms with van der Waals surface area (Å²) in [6.45, 7) is 3.60. The normalized spacial score (nSPS) is 12.0. The monoisotopic (exact) mass is 222 g/mol. The number of aliphatic carboxylic acids is 1. The molecule has 0 heterocycles. The van der Waals surface area contributed by atoms with Crippen molar-refractivity contribution in [2.75, 3.05) is 0 Å². The lowest BCUT2D eigenvalue weighted by molar-refractivity contribution is -0.136. The van der Waals surface area contributed by atoms with Crippen molar-refractivity contribution in [3.8, 4) is 0 Å². The summed E-state index contributed by atoms with van der Waals surface area (Å²) in [5, 5.41) is 8.62. The van der Waals surface area contributed by atoms with Gasteiger partial charge in [-0.05, 0) is 25.0 Å². The van der Waals surface area contributed by atoms with Gasteiger partial charge in [0, 0.05) is 4.90 Å². The first kappa shape index (κ1) is 11.9. The lowest BCUT2D eigenvalue weighted by Gasteiger charge is -2.10. The van der Waals surface area contributed by atoms with Gasteiger partial charge in [0.2, 0.25) is 0 Å². The summed E-state index contributed by atoms with van der Waals surface area (Å²) >= 11 is 1.39. The van der Waals surface area contributed by atoms with Crippen LogP contribution in [0.2, 0.25) is 0 Å². The molecule has 15 heavy (non-hydrogen) atoms. The highest BCUT2D eigenvalue weighted by atomic mass is 32.2. The predicted octanol–water partition coefficient (Wildman–Crippen LogP) is 3.20. The van der Waals surface area contributed by atoms with Crippen molar-refractivity contribution in [2.24, 2.45) is 0 Å². The molecular formula is C12H14O2S. The Bertz CT molecular complexity index is 322. The first-order valence-electron chi connectivity index (χ1n) is 4.79. The van der Waals surface area contributed by atoms with E-state index in [4.69, 9.17) is 5.11 Å². The van der Waals surface area contributed by atoms with Gasteiger partial charge in [-0.25, -0.2) is 0 Å². The number of carboxylic acids is 1. The van der Waals surface area contributed by atoms with Gasteiger partial charge in [0.15, 0.2) is 0 Å². The molecule has 0 saturated carbocycles. The molecule has 0 saturated heterocycles. The fourth-order valence-corrected chi connectivity index (χ4v) is 2.16. The van der Waals surface area contributed by atoms with E-state index in [9.17, 15) is 4.79 Å². The second-order valence-electron chi connectivity index (χ2n) is 3.12. The number of carbonyl (C=O) groups is 1. The van der Waals surface area contributed by atoms with E-state index in [1.54, 1.807) is 6.08 Å². The Morgan fingerprint density at radius 1 is 1.47 bits per heavy atom. The Morgan fingerprint density at radius 3 is 2.67 bits per heavy atom. The van der Waals surface area contributed by atoms with E-state index in [2.05, 4.69) is 6.58 Å². The van der Waals surface area contributed by atoms with Crippen molar-refractivity contribution in [3.05, 3.63) is 43.0 Å². The van der Waals surface area contributed by atoms with Crippen LogP contribution in [0.1, 0.15) is 12.8 Å². The fourth-order valence-electron chi connectivity index (χ4n) is 1.17. The largest absolute Gasteiger partial charge is 0.480 e. The summed E-state index contributed by atoms with van der Waals surface area (Å²) in [4.78, 5) is 11.9. The topological polar surface area (TPSA) is 37.3 Å². The Labute approximate surface area is 94.0 Å². The van der Waals surface area contributed by atoms with Crippen LogP contribution in [0.5, 0.6) is 0 Å². The van der Waals surface area contributed by atoms with Gasteiger partial charge in [0.25, 0.3) is 0 Å². The molecule has 1 N–H and O–H groups in total. The van der Waals surface area contributed by atoms with Crippen molar-refractivity contribution in [1.82, 2.24) is 0 Å². The fraction of sp³-hybridized carbons (Fsp3) is 0.250. The zero-order valence-corrected chi connectivity index (χ0v) is 9.24. The van der Waals surface area contributed by atoms with Gasteiger partial charge >= 0.3 is 5.97 Å². The van der Waals surface area contributed by atoms with E-state index in [0.717, 1.165) is 11.3 Å². The third-order valence-electron chi connectivity index (χ3n) is 1.93. The molecule has 3 heteroatoms. The minimum absolute atomic E-state index is 0.384. The van der Waals surface area contributed by atoms with Crippen molar-refractivity contribution >= 4 is 17.7 Å². The molecule has 1 aromatic carbocycles. The van der Waals surface area contributed by atoms with Crippen LogP contribution in [0, 0.1) is 0 Å². The van der Waals surface area contributed by atoms with Gasteiger partial charge in [-0.2, -0.15) is 0 Å². The highest BCUT2D eigenvalue weighted by molar-refractivity contribution is 8.00. The number of thioether (sulfide) groups is 1. The summed E-state index contributed by atoms with van der Waals surface area (Å²) < 4.78 is 0. The average molecular weight is 222 g/mol. The lowest BCUT2D eigenvalue weighted by Crippen LogP contribution is -2.15. The Kier molecular flexibility index (Phi) is 4.98. The van der Waals surface area contributed by atoms with Crippen LogP contribution in [-0.4, -0.2) is 16.3 Å². The van der Waals surface area contributed by atoms with E-state index >= 15 is 0 Å². The van der Waals surface area contributed by atoms with Gasteiger partial charge < -0.3 is 5.11 Å². The van der Waals surface area contributed by atoms with Crippen LogP contribution in [0.4, 0.5) is 0 Å². The highest BCUT2D eigenvalue weighted by Gasteiger charge is 2.17. The second kappa shape index (κ2) is 6.30. The third-order valence-corrected chi connectivity index (χ3v) is 3.20. The molecule has 0 radical (unpaired) electrons. The maximum Gasteiger partial charge on any atom is 0.316 e. The summed E-state index contributed by atoms with van der Waals surface area (Å²) in [5.74, 6) is -0.759. The third kappa shape index (κ3) is 4.21. The summed E-state index contributed by atoms with van der Waals surface area (Å²) in [5.41, 5.74) is 0. The number of rotatable bonds is 6. The Morgan fingerprint density at radius 2 is 2.13 bits per heavy atom. The average Bonchev–Trinajstić information content (AvgIpc) is 2.25. The number of hydrogen-bond donors (Lipinski definition) is 1. The number of carboxylic acid groups (broad SMARTS) is 1. The van der Waals surface area contributed by atoms with Crippen molar-refractivity contribution in [2.45, 2.75) is 23.0 Å². The van der Waals surface area contributed by atoms with Crippen molar-refractivity contribution in [1.29, 1.82) is 0 Å². The smallest absolute Gasteiger partial charge is 0.316 e. The van der Waals surface area contributed by atoms with Crippen LogP contribution in [-0.2, 0) is 4.79 Å². The minimum atomic E-state index is -0.759. The van der Waals surface area contributed by atoms with Crippen LogP contribution < -0.4 is 0 Å². The maximum absolute atomic E-state index is 11.0. The zero-order valence-electron chi connectivity index (χ0n) is 8.43. The quantitative estimate of drug-likeness (QED) is 0.593. The SMILES string of the molecule is C=CCCC(Sc1ccccc1)C(=O)O. The summed E-state index contributed by atoms with van der Waals surface area (Å²) in [6.07, 6.45) is 3.11. The van der Waals surface area contributed by atoms with Crippen molar-refractivity contribution < 1.29 is 9.90 Å². The maximum atomic E-state index is 11.0. The Hall–Kier alpha value is -1.22. The van der Waals surface area contributed by atoms with Crippen LogP contribution in [0.15, 0.2) is 47.9 Å². The number of hydrogen-bond acceptors (Lipinski definition) is 2. The highest BCUT2D eigenvalue weighted by Crippen LogP contribution is 2.26. The van der Waals surface area contributed by atoms with E-state index < -0.39 is 5.97 Å². The number of benzene rings is 1. The zero-order chi connectivity index (χ0) is 11.1. The molecule has 0 aliphatic heterocycles. The predicted molar refractivity (Wildman–Crippen MR) is 63.2 cm³/mol. The summed E-state index contributed by atoms with van der Waals surface area (Å²) in [6, 6.07) is 9.59. The molecule has 1 rings (SSSR count). The van der Waals surface area contributed by atoms with E-state index in [-0.39, 0.29) is 5.25 Å². The first-order chi connectivity index (χ1) is 7.24. The molecule has 1 unspecified atom stereocenters. The second-order valence-corrected chi connectivity index (χ2v) is 4.40. The molecule has 2 nitrogen and oxygen atoms in total. The van der Waals surface area contributed by atoms with Gasteiger partial charge in [-0.1, -0.05) is 24.3 Å². The molecule has 0 bridgehead atoms. The van der Waals surface area contributed by atoms with E-state index in [1.807, 2.05) is 30.3 Å². The molecule has 0 aliphatic rings. The standard InChI is InChI=1S/C12H14O2S/c1-2-3-9-11(12(13)14)15-10-7-5-4-6-8-10/h2,4-8,11H,1,3,9H2,(H,13,14). The van der Waals surface area contributed by atoms with Crippen LogP contribution in [0.3, 0.4) is 0 Å². The molecule has 0 spiro atoms. The van der Waals surface area contributed by atoms with E-state index in [0.29, 0.717) is 6.42 Å².